The third-order valence-electron chi connectivity index (χ3n) is 7.93. The van der Waals surface area contributed by atoms with Gasteiger partial charge in [0.25, 0.3) is 0 Å². The maximum atomic E-state index is 12.9. The summed E-state index contributed by atoms with van der Waals surface area (Å²) >= 11 is 1.14. The molecule has 3 aliphatic rings. The molecule has 5 atom stereocenters. The Morgan fingerprint density at radius 2 is 1.93 bits per heavy atom. The standard InChI is InChI=1S/C24H34O4S/c1-15-6-5-7-22-23(15,3)9-8-16(2)24(22,4)12-17-10-20(28)21(11-19(17)27)29-14-18(26)13-25/h6,10-11,16,18,22,25-26H,5,7-9,12-14H2,1-4H3/t16-,18?,22+,23+,24+/m0/s1. The minimum atomic E-state index is -0.892. The van der Waals surface area contributed by atoms with Crippen molar-refractivity contribution < 1.29 is 19.8 Å². The van der Waals surface area contributed by atoms with Crippen molar-refractivity contribution in [1.82, 2.24) is 0 Å². The van der Waals surface area contributed by atoms with Gasteiger partial charge in [-0.3, -0.25) is 9.59 Å². The number of rotatable bonds is 6. The molecule has 1 fully saturated rings. The quantitative estimate of drug-likeness (QED) is 0.499. The number of allylic oxidation sites excluding steroid dienone is 6. The first-order valence-electron chi connectivity index (χ1n) is 10.7. The van der Waals surface area contributed by atoms with Gasteiger partial charge in [0.2, 0.25) is 0 Å². The molecule has 1 unspecified atom stereocenters. The summed E-state index contributed by atoms with van der Waals surface area (Å²) in [6, 6.07) is 0. The van der Waals surface area contributed by atoms with Crippen molar-refractivity contribution in [3.63, 3.8) is 0 Å². The lowest BCUT2D eigenvalue weighted by Gasteiger charge is -2.58. The van der Waals surface area contributed by atoms with Crippen molar-refractivity contribution in [3.8, 4) is 0 Å². The number of carbonyl (C=O) groups excluding carboxylic acids is 2. The second kappa shape index (κ2) is 8.52. The van der Waals surface area contributed by atoms with E-state index in [1.165, 1.54) is 24.1 Å². The van der Waals surface area contributed by atoms with Gasteiger partial charge in [0.1, 0.15) is 0 Å². The lowest BCUT2D eigenvalue weighted by molar-refractivity contribution is -0.115. The molecule has 0 radical (unpaired) electrons. The molecule has 0 aromatic heterocycles. The zero-order valence-electron chi connectivity index (χ0n) is 18.0. The van der Waals surface area contributed by atoms with Crippen molar-refractivity contribution in [2.75, 3.05) is 12.4 Å². The van der Waals surface area contributed by atoms with Crippen LogP contribution in [0.5, 0.6) is 0 Å². The lowest BCUT2D eigenvalue weighted by atomic mass is 9.46. The Balaban J connectivity index is 1.81. The van der Waals surface area contributed by atoms with Crippen LogP contribution in [0.15, 0.2) is 34.3 Å². The van der Waals surface area contributed by atoms with E-state index in [4.69, 9.17) is 5.11 Å². The topological polar surface area (TPSA) is 74.6 Å². The molecule has 0 bridgehead atoms. The van der Waals surface area contributed by atoms with Crippen LogP contribution in [0.3, 0.4) is 0 Å². The number of hydrogen-bond donors (Lipinski definition) is 2. The third kappa shape index (κ3) is 4.19. The molecule has 3 aliphatic carbocycles. The Morgan fingerprint density at radius 1 is 1.21 bits per heavy atom. The number of ketones is 2. The van der Waals surface area contributed by atoms with Gasteiger partial charge in [-0.15, -0.1) is 11.8 Å². The summed E-state index contributed by atoms with van der Waals surface area (Å²) in [5, 5.41) is 18.5. The normalized spacial score (nSPS) is 36.1. The van der Waals surface area contributed by atoms with Crippen LogP contribution in [0.2, 0.25) is 0 Å². The van der Waals surface area contributed by atoms with E-state index in [-0.39, 0.29) is 34.8 Å². The maximum absolute atomic E-state index is 12.9. The first-order chi connectivity index (χ1) is 13.6. The Morgan fingerprint density at radius 3 is 2.62 bits per heavy atom. The highest BCUT2D eigenvalue weighted by molar-refractivity contribution is 8.04. The zero-order chi connectivity index (χ0) is 21.4. The molecule has 160 valence electrons. The van der Waals surface area contributed by atoms with Gasteiger partial charge in [-0.25, -0.2) is 0 Å². The summed E-state index contributed by atoms with van der Waals surface area (Å²) < 4.78 is 0. The molecule has 3 rings (SSSR count). The van der Waals surface area contributed by atoms with Gasteiger partial charge in [-0.2, -0.15) is 0 Å². The summed E-state index contributed by atoms with van der Waals surface area (Å²) in [5.41, 5.74) is 2.26. The van der Waals surface area contributed by atoms with E-state index in [1.54, 1.807) is 0 Å². The fourth-order valence-electron chi connectivity index (χ4n) is 5.69. The molecule has 0 aliphatic heterocycles. The van der Waals surface area contributed by atoms with Gasteiger partial charge < -0.3 is 10.2 Å². The first-order valence-corrected chi connectivity index (χ1v) is 11.7. The minimum Gasteiger partial charge on any atom is -0.394 e. The van der Waals surface area contributed by atoms with Gasteiger partial charge >= 0.3 is 0 Å². The van der Waals surface area contributed by atoms with Gasteiger partial charge in [0.15, 0.2) is 11.6 Å². The van der Waals surface area contributed by atoms with E-state index < -0.39 is 6.10 Å². The van der Waals surface area contributed by atoms with E-state index in [1.807, 2.05) is 0 Å². The van der Waals surface area contributed by atoms with Crippen molar-refractivity contribution in [2.45, 2.75) is 65.9 Å². The maximum Gasteiger partial charge on any atom is 0.192 e. The molecule has 5 heteroatoms. The van der Waals surface area contributed by atoms with Crippen LogP contribution < -0.4 is 0 Å². The van der Waals surface area contributed by atoms with Gasteiger partial charge in [0, 0.05) is 17.4 Å². The lowest BCUT2D eigenvalue weighted by Crippen LogP contribution is -2.50. The van der Waals surface area contributed by atoms with Crippen molar-refractivity contribution >= 4 is 23.3 Å². The third-order valence-corrected chi connectivity index (χ3v) is 9.12. The Hall–Kier alpha value is -1.17. The van der Waals surface area contributed by atoms with Crippen LogP contribution in [0.4, 0.5) is 0 Å². The largest absolute Gasteiger partial charge is 0.394 e. The molecule has 0 aromatic rings. The van der Waals surface area contributed by atoms with Crippen LogP contribution in [0.1, 0.15) is 59.8 Å². The van der Waals surface area contributed by atoms with Crippen LogP contribution in [0, 0.1) is 22.7 Å². The molecule has 1 saturated carbocycles. The molecule has 0 saturated heterocycles. The summed E-state index contributed by atoms with van der Waals surface area (Å²) in [6.45, 7) is 8.91. The highest BCUT2D eigenvalue weighted by atomic mass is 32.2. The van der Waals surface area contributed by atoms with Crippen molar-refractivity contribution in [1.29, 1.82) is 0 Å². The SMILES string of the molecule is CC1=CCC[C@H]2[C@](C)(CC3=CC(=O)C(SCC(O)CO)=CC3=O)[C@@H](C)CC[C@]12C. The van der Waals surface area contributed by atoms with Gasteiger partial charge in [-0.05, 0) is 67.8 Å². The highest BCUT2D eigenvalue weighted by Crippen LogP contribution is 2.62. The fraction of sp³-hybridized carbons (Fsp3) is 0.667. The van der Waals surface area contributed by atoms with Crippen molar-refractivity contribution in [2.24, 2.45) is 22.7 Å². The Kier molecular flexibility index (Phi) is 6.62. The monoisotopic (exact) mass is 418 g/mol. The smallest absolute Gasteiger partial charge is 0.192 e. The summed E-state index contributed by atoms with van der Waals surface area (Å²) in [4.78, 5) is 25.8. The highest BCUT2D eigenvalue weighted by Gasteiger charge is 2.53. The molecule has 4 nitrogen and oxygen atoms in total. The number of aliphatic hydroxyl groups is 2. The van der Waals surface area contributed by atoms with E-state index in [0.717, 1.165) is 31.0 Å². The summed E-state index contributed by atoms with van der Waals surface area (Å²) in [6.07, 6.45) is 9.63. The average molecular weight is 419 g/mol. The van der Waals surface area contributed by atoms with Crippen LogP contribution in [-0.2, 0) is 9.59 Å². The molecular weight excluding hydrogens is 384 g/mol. The van der Waals surface area contributed by atoms with Crippen LogP contribution in [0.25, 0.3) is 0 Å². The average Bonchev–Trinajstić information content (AvgIpc) is 2.68. The van der Waals surface area contributed by atoms with Crippen molar-refractivity contribution in [3.05, 3.63) is 34.3 Å². The predicted molar refractivity (Wildman–Crippen MR) is 117 cm³/mol. The Bertz CT molecular complexity index is 780. The fourth-order valence-corrected chi connectivity index (χ4v) is 6.56. The molecule has 29 heavy (non-hydrogen) atoms. The van der Waals surface area contributed by atoms with E-state index in [2.05, 4.69) is 33.8 Å². The first kappa shape index (κ1) is 22.5. The predicted octanol–water partition coefficient (Wildman–Crippen LogP) is 4.22. The second-order valence-electron chi connectivity index (χ2n) is 9.61. The molecular formula is C24H34O4S. The number of fused-ring (bicyclic) bond motifs is 1. The van der Waals surface area contributed by atoms with Gasteiger partial charge in [-0.1, -0.05) is 32.4 Å². The van der Waals surface area contributed by atoms with E-state index in [9.17, 15) is 14.7 Å². The molecule has 0 spiro atoms. The Labute approximate surface area is 178 Å². The van der Waals surface area contributed by atoms with Crippen LogP contribution >= 0.6 is 11.8 Å². The molecule has 2 N–H and O–H groups in total. The molecule has 0 amide bonds. The minimum absolute atomic E-state index is 0.0180. The van der Waals surface area contributed by atoms with Gasteiger partial charge in [0.05, 0.1) is 17.6 Å². The summed E-state index contributed by atoms with van der Waals surface area (Å²) in [5.74, 6) is 0.950. The van der Waals surface area contributed by atoms with Crippen LogP contribution in [-0.4, -0.2) is 40.2 Å². The number of carbonyl (C=O) groups is 2. The van der Waals surface area contributed by atoms with E-state index in [0.29, 0.717) is 28.7 Å². The second-order valence-corrected chi connectivity index (χ2v) is 10.7. The number of thioether (sulfide) groups is 1. The summed E-state index contributed by atoms with van der Waals surface area (Å²) in [7, 11) is 0. The molecule has 0 aromatic carbocycles. The number of aliphatic hydroxyl groups excluding tert-OH is 2. The molecule has 0 heterocycles. The van der Waals surface area contributed by atoms with E-state index >= 15 is 0 Å². The zero-order valence-corrected chi connectivity index (χ0v) is 18.8. The number of hydrogen-bond acceptors (Lipinski definition) is 5.